The molecule has 4 bridgehead atoms. The molecule has 2 unspecified atom stereocenters. The summed E-state index contributed by atoms with van der Waals surface area (Å²) in [6.45, 7) is 7.64. The maximum Gasteiger partial charge on any atom is 0.187 e. The number of rotatable bonds is 7. The molecule has 13 rings (SSSR count). The molecule has 4 aliphatic carbocycles. The Bertz CT molecular complexity index is 3150. The molecule has 4 nitrogen and oxygen atoms in total. The highest BCUT2D eigenvalue weighted by Gasteiger charge is 2.59. The average Bonchev–Trinajstić information content (AvgIpc) is 3.33. The first-order valence-corrected chi connectivity index (χ1v) is 22.0. The van der Waals surface area contributed by atoms with Crippen molar-refractivity contribution in [1.82, 2.24) is 15.0 Å². The smallest absolute Gasteiger partial charge is 0.187 e. The monoisotopic (exact) mass is 796 g/mol. The van der Waals surface area contributed by atoms with Crippen molar-refractivity contribution in [1.29, 1.82) is 0 Å². The lowest BCUT2D eigenvalue weighted by Crippen LogP contribution is -2.56. The van der Waals surface area contributed by atoms with Crippen LogP contribution in [0.15, 0.2) is 182 Å². The number of hydrogen-bond donors (Lipinski definition) is 0. The normalized spacial score (nSPS) is 21.3. The van der Waals surface area contributed by atoms with Crippen LogP contribution in [0, 0.1) is 18.4 Å². The standard InChI is InChI=1S/C58H44N4/c1-59-45-18-12-17-44(32-45)47-28-30-53(51-22-11-9-20-49(47)51)58-35-38-31-39(36-58)34-57(33-38,37-58)52-29-27-46(48-19-8-10-21-50(48)52)40-23-25-43(26-24-40)56-61-54(41-13-4-2-5-14-41)60-55(62-56)42-15-6-3-7-16-42/h2-30,32,38-39H,31,33-37H2. The van der Waals surface area contributed by atoms with Crippen molar-refractivity contribution < 1.29 is 0 Å². The third-order valence-corrected chi connectivity index (χ3v) is 14.5. The van der Waals surface area contributed by atoms with Crippen LogP contribution in [-0.4, -0.2) is 15.0 Å². The zero-order chi connectivity index (χ0) is 41.3. The Balaban J connectivity index is 0.919. The first-order chi connectivity index (χ1) is 30.5. The Labute approximate surface area is 362 Å². The quantitative estimate of drug-likeness (QED) is 0.151. The predicted octanol–water partition coefficient (Wildman–Crippen LogP) is 14.9. The van der Waals surface area contributed by atoms with Gasteiger partial charge in [0.2, 0.25) is 0 Å². The number of hydrogen-bond acceptors (Lipinski definition) is 3. The summed E-state index contributed by atoms with van der Waals surface area (Å²) in [5, 5.41) is 5.38. The maximum atomic E-state index is 7.64. The van der Waals surface area contributed by atoms with Gasteiger partial charge in [-0.2, -0.15) is 0 Å². The molecule has 4 saturated carbocycles. The summed E-state index contributed by atoms with van der Waals surface area (Å²) in [7, 11) is 0. The molecule has 0 aliphatic heterocycles. The van der Waals surface area contributed by atoms with Gasteiger partial charge >= 0.3 is 0 Å². The van der Waals surface area contributed by atoms with Crippen molar-refractivity contribution in [2.24, 2.45) is 11.8 Å². The van der Waals surface area contributed by atoms with Gasteiger partial charge in [0, 0.05) is 16.7 Å². The second kappa shape index (κ2) is 14.5. The zero-order valence-electron chi connectivity index (χ0n) is 34.5. The SMILES string of the molecule is [C-]#[N+]c1cccc(-c2ccc(C34CC5CC(CC(c6ccc(-c7ccc(-c8nc(-c9ccccc9)nc(-c9ccccc9)n8)cc7)c7ccccc67)(C5)C3)C4)c3ccccc23)c1. The van der Waals surface area contributed by atoms with Gasteiger partial charge in [-0.25, -0.2) is 19.8 Å². The maximum absolute atomic E-state index is 7.64. The average molecular weight is 797 g/mol. The van der Waals surface area contributed by atoms with Gasteiger partial charge in [0.1, 0.15) is 0 Å². The largest absolute Gasteiger partial charge is 0.238 e. The van der Waals surface area contributed by atoms with Gasteiger partial charge < -0.3 is 0 Å². The summed E-state index contributed by atoms with van der Waals surface area (Å²) in [5.74, 6) is 3.43. The summed E-state index contributed by atoms with van der Waals surface area (Å²) < 4.78 is 0. The van der Waals surface area contributed by atoms with Crippen molar-refractivity contribution in [2.75, 3.05) is 0 Å². The Morgan fingerprint density at radius 1 is 0.403 bits per heavy atom. The zero-order valence-corrected chi connectivity index (χ0v) is 34.5. The van der Waals surface area contributed by atoms with E-state index in [1.807, 2.05) is 78.9 Å². The number of aromatic nitrogens is 3. The number of benzene rings is 8. The first kappa shape index (κ1) is 36.6. The van der Waals surface area contributed by atoms with Gasteiger partial charge in [-0.05, 0) is 122 Å². The van der Waals surface area contributed by atoms with Gasteiger partial charge in [0.25, 0.3) is 0 Å². The van der Waals surface area contributed by atoms with E-state index in [1.165, 1.54) is 87.9 Å². The Morgan fingerprint density at radius 3 is 1.32 bits per heavy atom. The minimum absolute atomic E-state index is 0.126. The molecule has 1 heterocycles. The Hall–Kier alpha value is -7.22. The summed E-state index contributed by atoms with van der Waals surface area (Å²) in [4.78, 5) is 18.6. The lowest BCUT2D eigenvalue weighted by molar-refractivity contribution is -0.0268. The molecule has 8 aromatic carbocycles. The highest BCUT2D eigenvalue weighted by Crippen LogP contribution is 2.67. The van der Waals surface area contributed by atoms with Crippen LogP contribution in [0.25, 0.3) is 82.8 Å². The highest BCUT2D eigenvalue weighted by atomic mass is 15.0. The molecule has 1 aromatic heterocycles. The fourth-order valence-corrected chi connectivity index (χ4v) is 12.4. The van der Waals surface area contributed by atoms with E-state index in [2.05, 4.69) is 108 Å². The highest BCUT2D eigenvalue weighted by molar-refractivity contribution is 6.01. The van der Waals surface area contributed by atoms with Gasteiger partial charge in [0.15, 0.2) is 23.2 Å². The molecule has 4 aliphatic rings. The Kier molecular flexibility index (Phi) is 8.54. The summed E-state index contributed by atoms with van der Waals surface area (Å²) in [5.41, 5.74) is 11.7. The molecule has 4 fully saturated rings. The van der Waals surface area contributed by atoms with Crippen LogP contribution < -0.4 is 0 Å². The van der Waals surface area contributed by atoms with E-state index < -0.39 is 0 Å². The van der Waals surface area contributed by atoms with Crippen LogP contribution >= 0.6 is 0 Å². The second-order valence-electron chi connectivity index (χ2n) is 18.2. The molecule has 0 saturated heterocycles. The predicted molar refractivity (Wildman–Crippen MR) is 253 cm³/mol. The van der Waals surface area contributed by atoms with Crippen LogP contribution in [0.1, 0.15) is 49.7 Å². The van der Waals surface area contributed by atoms with Crippen molar-refractivity contribution in [3.8, 4) is 56.4 Å². The molecule has 296 valence electrons. The minimum Gasteiger partial charge on any atom is -0.238 e. The molecular formula is C58H44N4. The van der Waals surface area contributed by atoms with E-state index in [1.54, 1.807) is 0 Å². The van der Waals surface area contributed by atoms with E-state index in [9.17, 15) is 0 Å². The van der Waals surface area contributed by atoms with Crippen molar-refractivity contribution in [2.45, 2.75) is 49.4 Å². The van der Waals surface area contributed by atoms with Crippen molar-refractivity contribution >= 4 is 27.2 Å². The minimum atomic E-state index is 0.126. The van der Waals surface area contributed by atoms with Gasteiger partial charge in [-0.1, -0.05) is 176 Å². The molecular weight excluding hydrogens is 753 g/mol. The lowest BCUT2D eigenvalue weighted by Gasteiger charge is -2.63. The number of fused-ring (bicyclic) bond motifs is 2. The fraction of sp³-hybridized carbons (Fsp3) is 0.172. The van der Waals surface area contributed by atoms with E-state index >= 15 is 0 Å². The lowest BCUT2D eigenvalue weighted by atomic mass is 9.41. The molecule has 2 atom stereocenters. The molecule has 0 radical (unpaired) electrons. The van der Waals surface area contributed by atoms with Crippen molar-refractivity contribution in [3.05, 3.63) is 205 Å². The molecule has 0 spiro atoms. The molecule has 0 amide bonds. The van der Waals surface area contributed by atoms with E-state index in [0.29, 0.717) is 23.2 Å². The summed E-state index contributed by atoms with van der Waals surface area (Å²) in [6.07, 6.45) is 7.61. The van der Waals surface area contributed by atoms with Crippen LogP contribution in [0.5, 0.6) is 0 Å². The van der Waals surface area contributed by atoms with Crippen LogP contribution in [-0.2, 0) is 10.8 Å². The van der Waals surface area contributed by atoms with Crippen LogP contribution in [0.2, 0.25) is 0 Å². The van der Waals surface area contributed by atoms with E-state index in [0.717, 1.165) is 34.1 Å². The Morgan fingerprint density at radius 2 is 0.823 bits per heavy atom. The summed E-state index contributed by atoms with van der Waals surface area (Å²) >= 11 is 0. The van der Waals surface area contributed by atoms with Gasteiger partial charge in [-0.3, -0.25) is 0 Å². The third kappa shape index (κ3) is 6.06. The van der Waals surface area contributed by atoms with E-state index in [4.69, 9.17) is 21.5 Å². The molecule has 0 N–H and O–H groups in total. The molecule has 9 aromatic rings. The van der Waals surface area contributed by atoms with Gasteiger partial charge in [-0.15, -0.1) is 0 Å². The fourth-order valence-electron chi connectivity index (χ4n) is 12.4. The topological polar surface area (TPSA) is 43.0 Å². The second-order valence-corrected chi connectivity index (χ2v) is 18.2. The summed E-state index contributed by atoms with van der Waals surface area (Å²) in [6, 6.07) is 65.1. The van der Waals surface area contributed by atoms with Crippen molar-refractivity contribution in [3.63, 3.8) is 0 Å². The molecule has 62 heavy (non-hydrogen) atoms. The number of nitrogens with zero attached hydrogens (tertiary/aromatic N) is 4. The van der Waals surface area contributed by atoms with Crippen LogP contribution in [0.3, 0.4) is 0 Å². The van der Waals surface area contributed by atoms with Crippen LogP contribution in [0.4, 0.5) is 5.69 Å². The van der Waals surface area contributed by atoms with E-state index in [-0.39, 0.29) is 10.8 Å². The van der Waals surface area contributed by atoms with Gasteiger partial charge in [0.05, 0.1) is 6.57 Å². The third-order valence-electron chi connectivity index (χ3n) is 14.5. The molecule has 4 heteroatoms. The first-order valence-electron chi connectivity index (χ1n) is 22.0.